The largest absolute Gasteiger partial charge is 0.339 e. The molecule has 0 aliphatic carbocycles. The summed E-state index contributed by atoms with van der Waals surface area (Å²) in [7, 11) is 1.91. The van der Waals surface area contributed by atoms with Crippen molar-refractivity contribution in [2.45, 2.75) is 45.6 Å². The van der Waals surface area contributed by atoms with E-state index >= 15 is 0 Å². The normalized spacial score (nSPS) is 17.5. The van der Waals surface area contributed by atoms with Gasteiger partial charge < -0.3 is 4.90 Å². The van der Waals surface area contributed by atoms with Crippen molar-refractivity contribution in [3.05, 3.63) is 52.6 Å². The van der Waals surface area contributed by atoms with Crippen molar-refractivity contribution in [3.63, 3.8) is 0 Å². The summed E-state index contributed by atoms with van der Waals surface area (Å²) in [5, 5.41) is 4.40. The van der Waals surface area contributed by atoms with E-state index in [4.69, 9.17) is 0 Å². The Labute approximate surface area is 142 Å². The minimum atomic E-state index is -0.222. The van der Waals surface area contributed by atoms with E-state index in [1.807, 2.05) is 42.6 Å². The summed E-state index contributed by atoms with van der Waals surface area (Å²) < 4.78 is 14.9. The van der Waals surface area contributed by atoms with Gasteiger partial charge in [-0.1, -0.05) is 12.1 Å². The van der Waals surface area contributed by atoms with Crippen molar-refractivity contribution in [2.24, 2.45) is 7.05 Å². The molecule has 3 rings (SSSR count). The molecule has 128 valence electrons. The molecule has 1 unspecified atom stereocenters. The summed E-state index contributed by atoms with van der Waals surface area (Å²) in [6.07, 6.45) is 3.24. The van der Waals surface area contributed by atoms with Crippen LogP contribution < -0.4 is 0 Å². The third kappa shape index (κ3) is 3.35. The number of benzene rings is 1. The maximum Gasteiger partial charge on any atom is 0.227 e. The van der Waals surface area contributed by atoms with Crippen LogP contribution in [-0.2, 0) is 24.7 Å². The number of hydrogen-bond donors (Lipinski definition) is 0. The van der Waals surface area contributed by atoms with Crippen LogP contribution in [0.1, 0.15) is 35.4 Å². The smallest absolute Gasteiger partial charge is 0.227 e. The van der Waals surface area contributed by atoms with Gasteiger partial charge in [0.05, 0.1) is 12.1 Å². The minimum absolute atomic E-state index is 0.166. The molecular weight excluding hydrogens is 305 g/mol. The van der Waals surface area contributed by atoms with E-state index in [1.54, 1.807) is 0 Å². The van der Waals surface area contributed by atoms with Gasteiger partial charge in [0.15, 0.2) is 0 Å². The van der Waals surface area contributed by atoms with Crippen LogP contribution in [0.4, 0.5) is 4.39 Å². The molecule has 0 bridgehead atoms. The molecule has 0 spiro atoms. The van der Waals surface area contributed by atoms with Crippen molar-refractivity contribution < 1.29 is 9.18 Å². The lowest BCUT2D eigenvalue weighted by molar-refractivity contribution is -0.131. The van der Waals surface area contributed by atoms with E-state index in [-0.39, 0.29) is 17.8 Å². The van der Waals surface area contributed by atoms with E-state index in [9.17, 15) is 9.18 Å². The molecule has 1 aliphatic rings. The molecule has 5 heteroatoms. The van der Waals surface area contributed by atoms with Crippen LogP contribution in [0.5, 0.6) is 0 Å². The van der Waals surface area contributed by atoms with Crippen molar-refractivity contribution in [3.8, 4) is 0 Å². The third-order valence-electron chi connectivity index (χ3n) is 5.07. The molecule has 24 heavy (non-hydrogen) atoms. The standard InChI is InChI=1S/C19H24FN3O/c1-13-18(14(2)22(3)21-13)12-19(24)23-10-4-5-17(23)11-15-6-8-16(20)9-7-15/h6-9,17H,4-5,10-12H2,1-3H3. The summed E-state index contributed by atoms with van der Waals surface area (Å²) in [5.41, 5.74) is 4.09. The zero-order valence-electron chi connectivity index (χ0n) is 14.6. The summed E-state index contributed by atoms with van der Waals surface area (Å²) in [5.74, 6) is -0.0561. The third-order valence-corrected chi connectivity index (χ3v) is 5.07. The Morgan fingerprint density at radius 2 is 2.00 bits per heavy atom. The van der Waals surface area contributed by atoms with Crippen LogP contribution >= 0.6 is 0 Å². The van der Waals surface area contributed by atoms with Crippen molar-refractivity contribution in [1.82, 2.24) is 14.7 Å². The first-order chi connectivity index (χ1) is 11.5. The maximum atomic E-state index is 13.1. The van der Waals surface area contributed by atoms with Gasteiger partial charge in [0.25, 0.3) is 0 Å². The number of halogens is 1. The number of likely N-dealkylation sites (tertiary alicyclic amines) is 1. The number of amides is 1. The zero-order chi connectivity index (χ0) is 17.3. The number of aromatic nitrogens is 2. The highest BCUT2D eigenvalue weighted by atomic mass is 19.1. The Morgan fingerprint density at radius 1 is 1.29 bits per heavy atom. The Bertz CT molecular complexity index is 736. The highest BCUT2D eigenvalue weighted by Gasteiger charge is 2.29. The van der Waals surface area contributed by atoms with Gasteiger partial charge in [0.1, 0.15) is 5.82 Å². The first-order valence-corrected chi connectivity index (χ1v) is 8.48. The maximum absolute atomic E-state index is 13.1. The van der Waals surface area contributed by atoms with Crippen LogP contribution in [0.3, 0.4) is 0 Å². The fraction of sp³-hybridized carbons (Fsp3) is 0.474. The number of aryl methyl sites for hydroxylation is 2. The fourth-order valence-electron chi connectivity index (χ4n) is 3.59. The minimum Gasteiger partial charge on any atom is -0.339 e. The molecule has 1 amide bonds. The number of hydrogen-bond acceptors (Lipinski definition) is 2. The average Bonchev–Trinajstić information content (AvgIpc) is 3.10. The predicted octanol–water partition coefficient (Wildman–Crippen LogP) is 2.95. The van der Waals surface area contributed by atoms with Crippen LogP contribution in [0, 0.1) is 19.7 Å². The van der Waals surface area contributed by atoms with Crippen LogP contribution in [0.15, 0.2) is 24.3 Å². The number of nitrogens with zero attached hydrogens (tertiary/aromatic N) is 3. The number of rotatable bonds is 4. The Kier molecular flexibility index (Phi) is 4.69. The topological polar surface area (TPSA) is 38.1 Å². The molecule has 1 aromatic heterocycles. The molecule has 1 aromatic carbocycles. The molecule has 1 fully saturated rings. The van der Waals surface area contributed by atoms with E-state index in [0.717, 1.165) is 48.3 Å². The first kappa shape index (κ1) is 16.7. The summed E-state index contributed by atoms with van der Waals surface area (Å²) in [6, 6.07) is 6.80. The van der Waals surface area contributed by atoms with E-state index in [2.05, 4.69) is 5.10 Å². The molecule has 4 nitrogen and oxygen atoms in total. The molecule has 0 radical (unpaired) electrons. The molecule has 1 atom stereocenters. The van der Waals surface area contributed by atoms with Gasteiger partial charge in [0.2, 0.25) is 5.91 Å². The summed E-state index contributed by atoms with van der Waals surface area (Å²) >= 11 is 0. The van der Waals surface area contributed by atoms with Gasteiger partial charge in [-0.15, -0.1) is 0 Å². The SMILES string of the molecule is Cc1nn(C)c(C)c1CC(=O)N1CCCC1Cc1ccc(F)cc1. The van der Waals surface area contributed by atoms with Gasteiger partial charge in [-0.25, -0.2) is 4.39 Å². The number of carbonyl (C=O) groups excluding carboxylic acids is 1. The second-order valence-electron chi connectivity index (χ2n) is 6.66. The average molecular weight is 329 g/mol. The van der Waals surface area contributed by atoms with E-state index in [1.165, 1.54) is 12.1 Å². The first-order valence-electron chi connectivity index (χ1n) is 8.48. The second kappa shape index (κ2) is 6.75. The van der Waals surface area contributed by atoms with E-state index < -0.39 is 0 Å². The van der Waals surface area contributed by atoms with Crippen molar-refractivity contribution in [1.29, 1.82) is 0 Å². The molecule has 2 aromatic rings. The highest BCUT2D eigenvalue weighted by molar-refractivity contribution is 5.80. The lowest BCUT2D eigenvalue weighted by atomic mass is 10.0. The van der Waals surface area contributed by atoms with E-state index in [0.29, 0.717) is 6.42 Å². The summed E-state index contributed by atoms with van der Waals surface area (Å²) in [6.45, 7) is 4.77. The Hall–Kier alpha value is -2.17. The fourth-order valence-corrected chi connectivity index (χ4v) is 3.59. The molecule has 1 saturated heterocycles. The second-order valence-corrected chi connectivity index (χ2v) is 6.66. The van der Waals surface area contributed by atoms with Gasteiger partial charge in [-0.2, -0.15) is 5.10 Å². The van der Waals surface area contributed by atoms with Gasteiger partial charge in [0, 0.05) is 30.9 Å². The lowest BCUT2D eigenvalue weighted by Gasteiger charge is -2.25. The molecule has 0 N–H and O–H groups in total. The van der Waals surface area contributed by atoms with Gasteiger partial charge >= 0.3 is 0 Å². The Morgan fingerprint density at radius 3 is 2.62 bits per heavy atom. The zero-order valence-corrected chi connectivity index (χ0v) is 14.6. The van der Waals surface area contributed by atoms with Crippen molar-refractivity contribution >= 4 is 5.91 Å². The lowest BCUT2D eigenvalue weighted by Crippen LogP contribution is -2.38. The molecule has 0 saturated carbocycles. The van der Waals surface area contributed by atoms with Crippen LogP contribution in [0.25, 0.3) is 0 Å². The molecule has 1 aliphatic heterocycles. The quantitative estimate of drug-likeness (QED) is 0.865. The predicted molar refractivity (Wildman–Crippen MR) is 91.2 cm³/mol. The monoisotopic (exact) mass is 329 g/mol. The molecular formula is C19H24FN3O. The van der Waals surface area contributed by atoms with Crippen molar-refractivity contribution in [2.75, 3.05) is 6.54 Å². The van der Waals surface area contributed by atoms with Crippen LogP contribution in [0.2, 0.25) is 0 Å². The Balaban J connectivity index is 1.70. The van der Waals surface area contributed by atoms with Gasteiger partial charge in [-0.05, 0) is 50.8 Å². The number of carbonyl (C=O) groups is 1. The highest BCUT2D eigenvalue weighted by Crippen LogP contribution is 2.23. The van der Waals surface area contributed by atoms with Gasteiger partial charge in [-0.3, -0.25) is 9.48 Å². The van der Waals surface area contributed by atoms with Crippen LogP contribution in [-0.4, -0.2) is 33.2 Å². The molecule has 2 heterocycles. The summed E-state index contributed by atoms with van der Waals surface area (Å²) in [4.78, 5) is 14.8.